The number of carbonyl (C=O) groups excluding carboxylic acids is 2. The lowest BCUT2D eigenvalue weighted by atomic mass is 10.0. The Morgan fingerprint density at radius 3 is 2.68 bits per heavy atom. The van der Waals surface area contributed by atoms with Crippen LogP contribution in [0.25, 0.3) is 0 Å². The Morgan fingerprint density at radius 1 is 1.27 bits per heavy atom. The molecule has 1 aliphatic carbocycles. The fraction of sp³-hybridized carbons (Fsp3) is 0.556. The van der Waals surface area contributed by atoms with E-state index in [9.17, 15) is 9.59 Å². The fourth-order valence-corrected chi connectivity index (χ4v) is 3.05. The second kappa shape index (κ2) is 6.95. The normalized spacial score (nSPS) is 19.6. The Labute approximate surface area is 132 Å². The third-order valence-electron chi connectivity index (χ3n) is 4.36. The first-order valence-corrected chi connectivity index (χ1v) is 7.97. The molecule has 0 fully saturated rings. The van der Waals surface area contributed by atoms with Crippen LogP contribution >= 0.6 is 0 Å². The maximum Gasteiger partial charge on any atom is 0.222 e. The van der Waals surface area contributed by atoms with E-state index in [-0.39, 0.29) is 17.9 Å². The van der Waals surface area contributed by atoms with E-state index >= 15 is 0 Å². The van der Waals surface area contributed by atoms with Crippen molar-refractivity contribution in [2.24, 2.45) is 5.92 Å². The summed E-state index contributed by atoms with van der Waals surface area (Å²) in [6.07, 6.45) is 2.45. The summed E-state index contributed by atoms with van der Waals surface area (Å²) in [5, 5.41) is 3.15. The summed E-state index contributed by atoms with van der Waals surface area (Å²) in [6.45, 7) is 4.25. The highest BCUT2D eigenvalue weighted by Crippen LogP contribution is 2.36. The molecule has 0 heterocycles. The predicted octanol–water partition coefficient (Wildman–Crippen LogP) is 2.60. The van der Waals surface area contributed by atoms with E-state index in [1.807, 2.05) is 0 Å². The van der Waals surface area contributed by atoms with Gasteiger partial charge in [-0.25, -0.2) is 0 Å². The zero-order chi connectivity index (χ0) is 16.3. The van der Waals surface area contributed by atoms with Crippen LogP contribution < -0.4 is 5.32 Å². The number of benzene rings is 1. The van der Waals surface area contributed by atoms with Gasteiger partial charge in [0.05, 0.1) is 6.04 Å². The molecule has 0 radical (unpaired) electrons. The van der Waals surface area contributed by atoms with Crippen molar-refractivity contribution in [3.8, 4) is 0 Å². The monoisotopic (exact) mass is 302 g/mol. The number of nitrogens with one attached hydrogen (secondary N) is 1. The topological polar surface area (TPSA) is 49.4 Å². The van der Waals surface area contributed by atoms with Crippen molar-refractivity contribution in [3.63, 3.8) is 0 Å². The second-order valence-electron chi connectivity index (χ2n) is 6.57. The molecule has 0 aliphatic heterocycles. The van der Waals surface area contributed by atoms with Crippen LogP contribution in [0.5, 0.6) is 0 Å². The molecule has 2 amide bonds. The van der Waals surface area contributed by atoms with Crippen molar-refractivity contribution < 1.29 is 9.59 Å². The number of carbonyl (C=O) groups is 2. The molecule has 120 valence electrons. The van der Waals surface area contributed by atoms with Gasteiger partial charge in [-0.15, -0.1) is 0 Å². The third-order valence-corrected chi connectivity index (χ3v) is 4.36. The molecule has 2 rings (SSSR count). The molecule has 0 aromatic heterocycles. The first-order chi connectivity index (χ1) is 10.4. The summed E-state index contributed by atoms with van der Waals surface area (Å²) in [7, 11) is 3.48. The molecule has 1 aromatic carbocycles. The van der Waals surface area contributed by atoms with Crippen LogP contribution in [0, 0.1) is 12.8 Å². The average molecular weight is 302 g/mol. The Balaban J connectivity index is 1.90. The second-order valence-corrected chi connectivity index (χ2v) is 6.57. The zero-order valence-electron chi connectivity index (χ0n) is 14.0. The van der Waals surface area contributed by atoms with Crippen molar-refractivity contribution in [1.82, 2.24) is 10.2 Å². The van der Waals surface area contributed by atoms with E-state index in [1.54, 1.807) is 19.0 Å². The van der Waals surface area contributed by atoms with Gasteiger partial charge in [0, 0.05) is 26.9 Å². The summed E-state index contributed by atoms with van der Waals surface area (Å²) in [5.74, 6) is 0.532. The molecule has 1 aromatic rings. The minimum atomic E-state index is 0.0396. The summed E-state index contributed by atoms with van der Waals surface area (Å²) in [4.78, 5) is 25.2. The van der Waals surface area contributed by atoms with Crippen molar-refractivity contribution in [2.75, 3.05) is 14.1 Å². The molecule has 2 atom stereocenters. The minimum absolute atomic E-state index is 0.0396. The van der Waals surface area contributed by atoms with Crippen LogP contribution in [-0.4, -0.2) is 30.8 Å². The molecular formula is C18H26N2O2. The molecule has 0 bridgehead atoms. The van der Waals surface area contributed by atoms with Gasteiger partial charge >= 0.3 is 0 Å². The highest BCUT2D eigenvalue weighted by molar-refractivity contribution is 5.79. The lowest BCUT2D eigenvalue weighted by Crippen LogP contribution is -2.30. The van der Waals surface area contributed by atoms with E-state index in [0.717, 1.165) is 6.42 Å². The molecule has 0 saturated heterocycles. The number of amides is 2. The zero-order valence-corrected chi connectivity index (χ0v) is 14.0. The van der Waals surface area contributed by atoms with Crippen molar-refractivity contribution in [2.45, 2.75) is 45.6 Å². The number of hydrogen-bond donors (Lipinski definition) is 1. The summed E-state index contributed by atoms with van der Waals surface area (Å²) in [6, 6.07) is 6.58. The van der Waals surface area contributed by atoms with E-state index in [1.165, 1.54) is 16.7 Å². The molecular weight excluding hydrogens is 276 g/mol. The van der Waals surface area contributed by atoms with Gasteiger partial charge < -0.3 is 10.2 Å². The van der Waals surface area contributed by atoms with Crippen LogP contribution in [-0.2, 0) is 16.0 Å². The quantitative estimate of drug-likeness (QED) is 0.909. The van der Waals surface area contributed by atoms with Crippen LogP contribution in [0.4, 0.5) is 0 Å². The summed E-state index contributed by atoms with van der Waals surface area (Å²) in [5.41, 5.74) is 3.82. The predicted molar refractivity (Wildman–Crippen MR) is 87.5 cm³/mol. The van der Waals surface area contributed by atoms with Gasteiger partial charge in [0.2, 0.25) is 11.8 Å². The van der Waals surface area contributed by atoms with E-state index in [0.29, 0.717) is 25.2 Å². The Kier molecular flexibility index (Phi) is 5.22. The standard InChI is InChI=1S/C18H26N2O2/c1-12-8-9-14-11-13(2)18(15(14)10-12)19-16(21)6-5-7-17(22)20(3)4/h8-10,13,18H,5-7,11H2,1-4H3,(H,19,21)/t13-,18+/m1/s1. The number of hydrogen-bond acceptors (Lipinski definition) is 2. The van der Waals surface area contributed by atoms with Gasteiger partial charge in [-0.3, -0.25) is 9.59 Å². The first-order valence-electron chi connectivity index (χ1n) is 7.97. The van der Waals surface area contributed by atoms with E-state index < -0.39 is 0 Å². The van der Waals surface area contributed by atoms with Crippen LogP contribution in [0.15, 0.2) is 18.2 Å². The van der Waals surface area contributed by atoms with Gasteiger partial charge in [0.1, 0.15) is 0 Å². The van der Waals surface area contributed by atoms with Gasteiger partial charge in [0.15, 0.2) is 0 Å². The Hall–Kier alpha value is -1.84. The summed E-state index contributed by atoms with van der Waals surface area (Å²) >= 11 is 0. The largest absolute Gasteiger partial charge is 0.349 e. The highest BCUT2D eigenvalue weighted by atomic mass is 16.2. The molecule has 1 aliphatic rings. The van der Waals surface area contributed by atoms with Crippen LogP contribution in [0.1, 0.15) is 48.9 Å². The first kappa shape index (κ1) is 16.5. The van der Waals surface area contributed by atoms with Gasteiger partial charge in [-0.05, 0) is 36.8 Å². The Bertz CT molecular complexity index is 566. The smallest absolute Gasteiger partial charge is 0.222 e. The third kappa shape index (κ3) is 3.87. The van der Waals surface area contributed by atoms with E-state index in [4.69, 9.17) is 0 Å². The minimum Gasteiger partial charge on any atom is -0.349 e. The maximum absolute atomic E-state index is 12.2. The van der Waals surface area contributed by atoms with Crippen LogP contribution in [0.2, 0.25) is 0 Å². The molecule has 0 unspecified atom stereocenters. The maximum atomic E-state index is 12.2. The van der Waals surface area contributed by atoms with Crippen molar-refractivity contribution >= 4 is 11.8 Å². The van der Waals surface area contributed by atoms with Crippen molar-refractivity contribution in [1.29, 1.82) is 0 Å². The molecule has 0 spiro atoms. The Morgan fingerprint density at radius 2 is 2.00 bits per heavy atom. The number of aryl methyl sites for hydroxylation is 1. The SMILES string of the molecule is Cc1ccc2c(c1)[C@@H](NC(=O)CCCC(=O)N(C)C)[C@H](C)C2. The van der Waals surface area contributed by atoms with Gasteiger partial charge in [-0.2, -0.15) is 0 Å². The number of fused-ring (bicyclic) bond motifs is 1. The molecule has 22 heavy (non-hydrogen) atoms. The lowest BCUT2D eigenvalue weighted by Gasteiger charge is -2.19. The molecule has 4 nitrogen and oxygen atoms in total. The fourth-order valence-electron chi connectivity index (χ4n) is 3.05. The number of nitrogens with zero attached hydrogens (tertiary/aromatic N) is 1. The lowest BCUT2D eigenvalue weighted by molar-refractivity contribution is -0.129. The summed E-state index contributed by atoms with van der Waals surface area (Å²) < 4.78 is 0. The highest BCUT2D eigenvalue weighted by Gasteiger charge is 2.30. The van der Waals surface area contributed by atoms with Crippen LogP contribution in [0.3, 0.4) is 0 Å². The van der Waals surface area contributed by atoms with Crippen molar-refractivity contribution in [3.05, 3.63) is 34.9 Å². The molecule has 0 saturated carbocycles. The van der Waals surface area contributed by atoms with E-state index in [2.05, 4.69) is 37.4 Å². The molecule has 4 heteroatoms. The number of rotatable bonds is 5. The average Bonchev–Trinajstić information content (AvgIpc) is 2.74. The van der Waals surface area contributed by atoms with Gasteiger partial charge in [0.25, 0.3) is 0 Å². The molecule has 1 N–H and O–H groups in total. The van der Waals surface area contributed by atoms with Gasteiger partial charge in [-0.1, -0.05) is 30.7 Å².